The number of aryl methyl sites for hydroxylation is 1. The van der Waals surface area contributed by atoms with Gasteiger partial charge in [0.2, 0.25) is 10.0 Å². The molecule has 0 unspecified atom stereocenters. The Bertz CT molecular complexity index is 583. The van der Waals surface area contributed by atoms with Gasteiger partial charge in [0.05, 0.1) is 23.6 Å². The van der Waals surface area contributed by atoms with E-state index in [1.54, 1.807) is 22.5 Å². The molecule has 3 rings (SSSR count). The van der Waals surface area contributed by atoms with Gasteiger partial charge in [-0.05, 0) is 37.5 Å². The average Bonchev–Trinajstić information content (AvgIpc) is 2.46. The summed E-state index contributed by atoms with van der Waals surface area (Å²) < 4.78 is 33.2. The number of hydrogen-bond acceptors (Lipinski definition) is 3. The Labute approximate surface area is 120 Å². The Hall–Kier alpha value is -0.910. The van der Waals surface area contributed by atoms with Crippen LogP contribution in [0.1, 0.15) is 31.2 Å². The van der Waals surface area contributed by atoms with E-state index in [0.29, 0.717) is 18.0 Å². The molecule has 4 nitrogen and oxygen atoms in total. The standard InChI is InChI=1S/C15H21NO3S/c1-12-5-4-6-13(11-12)20(17,18)16-9-10-19-15-8-3-2-7-14(15)16/h4-6,11,14-15H,2-3,7-10H2,1H3/t14-,15+/m0/s1. The number of ether oxygens (including phenoxy) is 1. The molecule has 20 heavy (non-hydrogen) atoms. The van der Waals surface area contributed by atoms with Crippen molar-refractivity contribution in [2.45, 2.75) is 49.6 Å². The maximum atomic E-state index is 12.9. The second-order valence-electron chi connectivity index (χ2n) is 5.69. The first-order valence-electron chi connectivity index (χ1n) is 7.29. The van der Waals surface area contributed by atoms with Crippen molar-refractivity contribution in [2.24, 2.45) is 0 Å². The molecule has 1 heterocycles. The first-order chi connectivity index (χ1) is 9.59. The van der Waals surface area contributed by atoms with E-state index in [1.807, 2.05) is 13.0 Å². The minimum Gasteiger partial charge on any atom is -0.375 e. The summed E-state index contributed by atoms with van der Waals surface area (Å²) in [6.07, 6.45) is 4.20. The Morgan fingerprint density at radius 2 is 2.05 bits per heavy atom. The van der Waals surface area contributed by atoms with E-state index >= 15 is 0 Å². The lowest BCUT2D eigenvalue weighted by atomic mass is 9.91. The molecular formula is C15H21NO3S. The summed E-state index contributed by atoms with van der Waals surface area (Å²) in [6, 6.07) is 7.18. The zero-order valence-corrected chi connectivity index (χ0v) is 12.6. The molecule has 0 amide bonds. The minimum atomic E-state index is -3.40. The van der Waals surface area contributed by atoms with Gasteiger partial charge < -0.3 is 4.74 Å². The zero-order valence-electron chi connectivity index (χ0n) is 11.8. The molecule has 2 fully saturated rings. The molecule has 0 spiro atoms. The number of morpholine rings is 1. The van der Waals surface area contributed by atoms with Crippen LogP contribution in [-0.4, -0.2) is 38.0 Å². The maximum Gasteiger partial charge on any atom is 0.243 e. The quantitative estimate of drug-likeness (QED) is 0.841. The predicted octanol–water partition coefficient (Wildman–Crippen LogP) is 2.33. The summed E-state index contributed by atoms with van der Waals surface area (Å²) >= 11 is 0. The number of sulfonamides is 1. The number of nitrogens with zero attached hydrogens (tertiary/aromatic N) is 1. The van der Waals surface area contributed by atoms with E-state index in [1.165, 1.54) is 0 Å². The maximum absolute atomic E-state index is 12.9. The van der Waals surface area contributed by atoms with Crippen LogP contribution in [0.4, 0.5) is 0 Å². The lowest BCUT2D eigenvalue weighted by molar-refractivity contribution is -0.0586. The molecule has 1 aromatic carbocycles. The van der Waals surface area contributed by atoms with Gasteiger partial charge in [-0.3, -0.25) is 0 Å². The normalized spacial score (nSPS) is 28.1. The number of fused-ring (bicyclic) bond motifs is 1. The molecule has 110 valence electrons. The van der Waals surface area contributed by atoms with Crippen LogP contribution < -0.4 is 0 Å². The molecule has 2 aliphatic rings. The third-order valence-electron chi connectivity index (χ3n) is 4.28. The van der Waals surface area contributed by atoms with Crippen LogP contribution in [0, 0.1) is 6.92 Å². The van der Waals surface area contributed by atoms with Crippen LogP contribution in [0.5, 0.6) is 0 Å². The third kappa shape index (κ3) is 2.50. The molecule has 1 aliphatic carbocycles. The van der Waals surface area contributed by atoms with Crippen molar-refractivity contribution in [1.82, 2.24) is 4.31 Å². The van der Waals surface area contributed by atoms with Gasteiger partial charge in [0.25, 0.3) is 0 Å². The summed E-state index contributed by atoms with van der Waals surface area (Å²) in [7, 11) is -3.40. The van der Waals surface area contributed by atoms with Gasteiger partial charge in [-0.25, -0.2) is 8.42 Å². The Kier molecular flexibility index (Phi) is 3.84. The molecule has 1 aliphatic heterocycles. The summed E-state index contributed by atoms with van der Waals surface area (Å²) in [5, 5.41) is 0. The predicted molar refractivity (Wildman–Crippen MR) is 77.1 cm³/mol. The van der Waals surface area contributed by atoms with E-state index in [2.05, 4.69) is 0 Å². The van der Waals surface area contributed by atoms with Crippen molar-refractivity contribution in [1.29, 1.82) is 0 Å². The Balaban J connectivity index is 1.93. The first-order valence-corrected chi connectivity index (χ1v) is 8.73. The average molecular weight is 295 g/mol. The first kappa shape index (κ1) is 14.0. The van der Waals surface area contributed by atoms with Crippen LogP contribution in [-0.2, 0) is 14.8 Å². The van der Waals surface area contributed by atoms with Gasteiger partial charge in [-0.1, -0.05) is 25.0 Å². The second-order valence-corrected chi connectivity index (χ2v) is 7.58. The second kappa shape index (κ2) is 5.47. The van der Waals surface area contributed by atoms with Crippen LogP contribution in [0.3, 0.4) is 0 Å². The van der Waals surface area contributed by atoms with Gasteiger partial charge in [0.1, 0.15) is 0 Å². The summed E-state index contributed by atoms with van der Waals surface area (Å²) in [6.45, 7) is 2.89. The van der Waals surface area contributed by atoms with Crippen LogP contribution in [0.15, 0.2) is 29.2 Å². The highest BCUT2D eigenvalue weighted by Gasteiger charge is 2.40. The highest BCUT2D eigenvalue weighted by atomic mass is 32.2. The van der Waals surface area contributed by atoms with Crippen molar-refractivity contribution in [2.75, 3.05) is 13.2 Å². The highest BCUT2D eigenvalue weighted by Crippen LogP contribution is 2.32. The smallest absolute Gasteiger partial charge is 0.243 e. The fourth-order valence-electron chi connectivity index (χ4n) is 3.27. The van der Waals surface area contributed by atoms with E-state index in [0.717, 1.165) is 31.2 Å². The van der Waals surface area contributed by atoms with Gasteiger partial charge in [0, 0.05) is 6.54 Å². The number of rotatable bonds is 2. The fourth-order valence-corrected chi connectivity index (χ4v) is 5.04. The minimum absolute atomic E-state index is 0.0167. The topological polar surface area (TPSA) is 46.6 Å². The van der Waals surface area contributed by atoms with E-state index in [4.69, 9.17) is 4.74 Å². The van der Waals surface area contributed by atoms with E-state index < -0.39 is 10.0 Å². The molecule has 1 saturated heterocycles. The van der Waals surface area contributed by atoms with E-state index in [-0.39, 0.29) is 12.1 Å². The molecule has 0 aromatic heterocycles. The van der Waals surface area contributed by atoms with Crippen molar-refractivity contribution >= 4 is 10.0 Å². The summed E-state index contributed by atoms with van der Waals surface area (Å²) in [5.41, 5.74) is 0.972. The molecule has 1 saturated carbocycles. The third-order valence-corrected chi connectivity index (χ3v) is 6.20. The lowest BCUT2D eigenvalue weighted by Crippen LogP contribution is -2.54. The van der Waals surface area contributed by atoms with Crippen molar-refractivity contribution in [3.8, 4) is 0 Å². The SMILES string of the molecule is Cc1cccc(S(=O)(=O)N2CCO[C@@H]3CCCC[C@@H]32)c1. The van der Waals surface area contributed by atoms with Gasteiger partial charge in [-0.2, -0.15) is 4.31 Å². The largest absolute Gasteiger partial charge is 0.375 e. The van der Waals surface area contributed by atoms with Crippen molar-refractivity contribution in [3.63, 3.8) is 0 Å². The monoisotopic (exact) mass is 295 g/mol. The fraction of sp³-hybridized carbons (Fsp3) is 0.600. The Morgan fingerprint density at radius 3 is 2.85 bits per heavy atom. The number of hydrogen-bond donors (Lipinski definition) is 0. The van der Waals surface area contributed by atoms with Crippen LogP contribution in [0.2, 0.25) is 0 Å². The van der Waals surface area contributed by atoms with Gasteiger partial charge in [-0.15, -0.1) is 0 Å². The molecule has 1 aromatic rings. The van der Waals surface area contributed by atoms with Crippen LogP contribution in [0.25, 0.3) is 0 Å². The van der Waals surface area contributed by atoms with Crippen molar-refractivity contribution < 1.29 is 13.2 Å². The summed E-state index contributed by atoms with van der Waals surface area (Å²) in [5.74, 6) is 0. The molecule has 0 radical (unpaired) electrons. The lowest BCUT2D eigenvalue weighted by Gasteiger charge is -2.42. The molecule has 5 heteroatoms. The molecular weight excluding hydrogens is 274 g/mol. The van der Waals surface area contributed by atoms with Gasteiger partial charge in [0.15, 0.2) is 0 Å². The molecule has 0 bridgehead atoms. The van der Waals surface area contributed by atoms with Crippen LogP contribution >= 0.6 is 0 Å². The van der Waals surface area contributed by atoms with Crippen molar-refractivity contribution in [3.05, 3.63) is 29.8 Å². The van der Waals surface area contributed by atoms with E-state index in [9.17, 15) is 8.42 Å². The molecule has 2 atom stereocenters. The molecule has 0 N–H and O–H groups in total. The Morgan fingerprint density at radius 1 is 1.25 bits per heavy atom. The summed E-state index contributed by atoms with van der Waals surface area (Å²) in [4.78, 5) is 0.406. The van der Waals surface area contributed by atoms with Gasteiger partial charge >= 0.3 is 0 Å². The zero-order chi connectivity index (χ0) is 14.2. The highest BCUT2D eigenvalue weighted by molar-refractivity contribution is 7.89. The number of benzene rings is 1.